The fourth-order valence-corrected chi connectivity index (χ4v) is 3.53. The van der Waals surface area contributed by atoms with Crippen molar-refractivity contribution in [3.05, 3.63) is 47.5 Å². The summed E-state index contributed by atoms with van der Waals surface area (Å²) in [6.07, 6.45) is 5.19. The number of nitrogens with one attached hydrogen (secondary N) is 1. The number of benzene rings is 1. The molecule has 0 radical (unpaired) electrons. The molecule has 2 unspecified atom stereocenters. The maximum atomic E-state index is 3.80. The van der Waals surface area contributed by atoms with E-state index in [1.807, 2.05) is 0 Å². The minimum Gasteiger partial charge on any atom is -0.307 e. The van der Waals surface area contributed by atoms with E-state index >= 15 is 0 Å². The number of nitrogens with zero attached hydrogens (tertiary/aromatic N) is 1. The van der Waals surface area contributed by atoms with Crippen LogP contribution in [0.4, 0.5) is 0 Å². The molecule has 1 aromatic rings. The fourth-order valence-electron chi connectivity index (χ4n) is 3.53. The lowest BCUT2D eigenvalue weighted by atomic mass is 9.88. The molecule has 1 aliphatic heterocycles. The first-order valence-corrected chi connectivity index (χ1v) is 8.26. The molecule has 114 valence electrons. The zero-order valence-electron chi connectivity index (χ0n) is 13.6. The molecule has 2 aliphatic rings. The highest BCUT2D eigenvalue weighted by atomic mass is 15.3. The van der Waals surface area contributed by atoms with Gasteiger partial charge >= 0.3 is 0 Å². The quantitative estimate of drug-likeness (QED) is 0.847. The van der Waals surface area contributed by atoms with E-state index in [-0.39, 0.29) is 0 Å². The van der Waals surface area contributed by atoms with Crippen molar-refractivity contribution in [1.82, 2.24) is 10.2 Å². The Hall–Kier alpha value is -1.12. The molecule has 1 aliphatic carbocycles. The molecule has 0 aromatic heterocycles. The van der Waals surface area contributed by atoms with E-state index in [0.717, 1.165) is 25.6 Å². The first-order chi connectivity index (χ1) is 10.1. The van der Waals surface area contributed by atoms with Crippen LogP contribution in [0, 0.1) is 5.92 Å². The van der Waals surface area contributed by atoms with E-state index in [1.165, 1.54) is 24.0 Å². The van der Waals surface area contributed by atoms with E-state index in [4.69, 9.17) is 0 Å². The highest BCUT2D eigenvalue weighted by Crippen LogP contribution is 2.45. The standard InChI is InChI=1S/C19H28N2/c1-15(2)11-12-21-13-18(16-7-5-4-6-8-16)20-14-19(21,3)17-9-10-17/h4-8,11,17-18,20H,9-10,12-14H2,1-3H3. The summed E-state index contributed by atoms with van der Waals surface area (Å²) in [5.74, 6) is 0.882. The van der Waals surface area contributed by atoms with Crippen LogP contribution in [-0.4, -0.2) is 30.1 Å². The second-order valence-corrected chi connectivity index (χ2v) is 7.16. The summed E-state index contributed by atoms with van der Waals surface area (Å²) in [5, 5.41) is 3.80. The second kappa shape index (κ2) is 5.94. The smallest absolute Gasteiger partial charge is 0.0450 e. The van der Waals surface area contributed by atoms with Crippen molar-refractivity contribution in [3.8, 4) is 0 Å². The Kier molecular flexibility index (Phi) is 4.19. The van der Waals surface area contributed by atoms with Crippen molar-refractivity contribution in [2.24, 2.45) is 5.92 Å². The van der Waals surface area contributed by atoms with E-state index in [2.05, 4.69) is 67.4 Å². The van der Waals surface area contributed by atoms with Gasteiger partial charge in [-0.05, 0) is 45.1 Å². The van der Waals surface area contributed by atoms with Gasteiger partial charge in [0.25, 0.3) is 0 Å². The van der Waals surface area contributed by atoms with Gasteiger partial charge in [0.05, 0.1) is 0 Å². The summed E-state index contributed by atoms with van der Waals surface area (Å²) in [7, 11) is 0. The summed E-state index contributed by atoms with van der Waals surface area (Å²) in [6.45, 7) is 10.2. The number of hydrogen-bond donors (Lipinski definition) is 1. The van der Waals surface area contributed by atoms with Crippen LogP contribution in [0.1, 0.15) is 45.2 Å². The number of rotatable bonds is 4. The van der Waals surface area contributed by atoms with Crippen LogP contribution in [0.15, 0.2) is 42.0 Å². The van der Waals surface area contributed by atoms with E-state index in [0.29, 0.717) is 11.6 Å². The Bertz CT molecular complexity index is 500. The minimum absolute atomic E-state index is 0.331. The van der Waals surface area contributed by atoms with Crippen LogP contribution < -0.4 is 5.32 Å². The van der Waals surface area contributed by atoms with Crippen LogP contribution in [-0.2, 0) is 0 Å². The van der Waals surface area contributed by atoms with Crippen molar-refractivity contribution < 1.29 is 0 Å². The molecule has 0 spiro atoms. The zero-order valence-corrected chi connectivity index (χ0v) is 13.6. The van der Waals surface area contributed by atoms with Crippen molar-refractivity contribution >= 4 is 0 Å². The lowest BCUT2D eigenvalue weighted by Gasteiger charge is -2.48. The molecule has 2 heteroatoms. The predicted molar refractivity (Wildman–Crippen MR) is 89.3 cm³/mol. The lowest BCUT2D eigenvalue weighted by Crippen LogP contribution is -2.61. The Morgan fingerprint density at radius 3 is 2.62 bits per heavy atom. The highest BCUT2D eigenvalue weighted by Gasteiger charge is 2.47. The van der Waals surface area contributed by atoms with E-state index in [9.17, 15) is 0 Å². The topological polar surface area (TPSA) is 15.3 Å². The molecule has 1 N–H and O–H groups in total. The number of piperazine rings is 1. The molecule has 0 bridgehead atoms. The van der Waals surface area contributed by atoms with Crippen LogP contribution in [0.25, 0.3) is 0 Å². The Morgan fingerprint density at radius 2 is 2.00 bits per heavy atom. The molecule has 1 saturated heterocycles. The van der Waals surface area contributed by atoms with Gasteiger partial charge in [0.15, 0.2) is 0 Å². The van der Waals surface area contributed by atoms with Gasteiger partial charge in [0.1, 0.15) is 0 Å². The molecular weight excluding hydrogens is 256 g/mol. The molecule has 2 fully saturated rings. The molecule has 2 atom stereocenters. The molecule has 3 rings (SSSR count). The second-order valence-electron chi connectivity index (χ2n) is 7.16. The maximum Gasteiger partial charge on any atom is 0.0450 e. The van der Waals surface area contributed by atoms with Crippen LogP contribution in [0.5, 0.6) is 0 Å². The third kappa shape index (κ3) is 3.22. The number of hydrogen-bond acceptors (Lipinski definition) is 2. The summed E-state index contributed by atoms with van der Waals surface area (Å²) >= 11 is 0. The molecule has 1 saturated carbocycles. The number of allylic oxidation sites excluding steroid dienone is 1. The van der Waals surface area contributed by atoms with Gasteiger partial charge in [-0.1, -0.05) is 42.0 Å². The predicted octanol–water partition coefficient (Wildman–Crippen LogP) is 3.77. The highest BCUT2D eigenvalue weighted by molar-refractivity contribution is 5.21. The van der Waals surface area contributed by atoms with E-state index < -0.39 is 0 Å². The molecular formula is C19H28N2. The third-order valence-corrected chi connectivity index (χ3v) is 5.21. The van der Waals surface area contributed by atoms with Crippen molar-refractivity contribution in [3.63, 3.8) is 0 Å². The van der Waals surface area contributed by atoms with Crippen molar-refractivity contribution in [2.75, 3.05) is 19.6 Å². The Morgan fingerprint density at radius 1 is 1.29 bits per heavy atom. The van der Waals surface area contributed by atoms with Gasteiger partial charge in [-0.2, -0.15) is 0 Å². The molecule has 2 nitrogen and oxygen atoms in total. The van der Waals surface area contributed by atoms with Crippen molar-refractivity contribution in [2.45, 2.75) is 45.2 Å². The van der Waals surface area contributed by atoms with Gasteiger partial charge < -0.3 is 5.32 Å². The molecule has 1 heterocycles. The fraction of sp³-hybridized carbons (Fsp3) is 0.579. The van der Waals surface area contributed by atoms with Crippen molar-refractivity contribution in [1.29, 1.82) is 0 Å². The largest absolute Gasteiger partial charge is 0.307 e. The normalized spacial score (nSPS) is 30.1. The van der Waals surface area contributed by atoms with Crippen LogP contribution in [0.2, 0.25) is 0 Å². The Balaban J connectivity index is 1.77. The van der Waals surface area contributed by atoms with Gasteiger partial charge in [0, 0.05) is 31.2 Å². The van der Waals surface area contributed by atoms with Gasteiger partial charge in [-0.3, -0.25) is 4.90 Å². The maximum absolute atomic E-state index is 3.80. The van der Waals surface area contributed by atoms with Gasteiger partial charge in [0.2, 0.25) is 0 Å². The van der Waals surface area contributed by atoms with E-state index in [1.54, 1.807) is 0 Å². The lowest BCUT2D eigenvalue weighted by molar-refractivity contribution is 0.0454. The SMILES string of the molecule is CC(C)=CCN1CC(c2ccccc2)NCC1(C)C1CC1. The van der Waals surface area contributed by atoms with Crippen LogP contribution >= 0.6 is 0 Å². The summed E-state index contributed by atoms with van der Waals surface area (Å²) in [5.41, 5.74) is 3.16. The van der Waals surface area contributed by atoms with Crippen LogP contribution in [0.3, 0.4) is 0 Å². The van der Waals surface area contributed by atoms with Gasteiger partial charge in [-0.15, -0.1) is 0 Å². The molecule has 21 heavy (non-hydrogen) atoms. The molecule has 1 aromatic carbocycles. The average Bonchev–Trinajstić information content (AvgIpc) is 3.32. The Labute approximate surface area is 129 Å². The summed E-state index contributed by atoms with van der Waals surface area (Å²) < 4.78 is 0. The van der Waals surface area contributed by atoms with Gasteiger partial charge in [-0.25, -0.2) is 0 Å². The zero-order chi connectivity index (χ0) is 14.9. The first-order valence-electron chi connectivity index (χ1n) is 8.26. The molecule has 0 amide bonds. The first kappa shape index (κ1) is 14.8. The monoisotopic (exact) mass is 284 g/mol. The summed E-state index contributed by atoms with van der Waals surface area (Å²) in [4.78, 5) is 2.71. The minimum atomic E-state index is 0.331. The summed E-state index contributed by atoms with van der Waals surface area (Å²) in [6, 6.07) is 11.3. The third-order valence-electron chi connectivity index (χ3n) is 5.21. The average molecular weight is 284 g/mol.